The Hall–Kier alpha value is -1.95. The molecule has 2 rings (SSSR count). The summed E-state index contributed by atoms with van der Waals surface area (Å²) in [6.07, 6.45) is 0. The van der Waals surface area contributed by atoms with Crippen molar-refractivity contribution in [2.24, 2.45) is 0 Å². The standard InChI is InChI=1S/C11H14N4O2/c1-11(2,17)6-12-10(16)7-3-4-8-9(5-7)14-15-13-8/h3-5,17H,6H2,1-2H3,(H,12,16)(H,13,14,15). The zero-order valence-electron chi connectivity index (χ0n) is 9.69. The topological polar surface area (TPSA) is 90.9 Å². The Kier molecular flexibility index (Phi) is 2.81. The van der Waals surface area contributed by atoms with E-state index in [-0.39, 0.29) is 12.5 Å². The molecule has 0 radical (unpaired) electrons. The van der Waals surface area contributed by atoms with Gasteiger partial charge < -0.3 is 10.4 Å². The average Bonchev–Trinajstić information content (AvgIpc) is 2.71. The molecule has 1 aromatic heterocycles. The lowest BCUT2D eigenvalue weighted by Gasteiger charge is -2.17. The summed E-state index contributed by atoms with van der Waals surface area (Å²) < 4.78 is 0. The number of hydrogen-bond donors (Lipinski definition) is 3. The summed E-state index contributed by atoms with van der Waals surface area (Å²) in [5, 5.41) is 22.4. The normalized spacial score (nSPS) is 11.7. The minimum Gasteiger partial charge on any atom is -0.389 e. The number of amides is 1. The molecule has 1 heterocycles. The van der Waals surface area contributed by atoms with Gasteiger partial charge in [-0.05, 0) is 32.0 Å². The monoisotopic (exact) mass is 234 g/mol. The van der Waals surface area contributed by atoms with Crippen LogP contribution < -0.4 is 5.32 Å². The predicted octanol–water partition coefficient (Wildman–Crippen LogP) is 0.459. The third-order valence-electron chi connectivity index (χ3n) is 2.26. The maximum Gasteiger partial charge on any atom is 0.251 e. The molecule has 0 aliphatic carbocycles. The van der Waals surface area contributed by atoms with Gasteiger partial charge in [0.2, 0.25) is 0 Å². The van der Waals surface area contributed by atoms with E-state index in [0.29, 0.717) is 16.6 Å². The van der Waals surface area contributed by atoms with Crippen LogP contribution in [0.4, 0.5) is 0 Å². The fraction of sp³-hybridized carbons (Fsp3) is 0.364. The van der Waals surface area contributed by atoms with Gasteiger partial charge in [0, 0.05) is 12.1 Å². The van der Waals surface area contributed by atoms with Crippen molar-refractivity contribution in [2.75, 3.05) is 6.54 Å². The molecule has 0 aliphatic heterocycles. The number of fused-ring (bicyclic) bond motifs is 1. The molecule has 1 aromatic carbocycles. The van der Waals surface area contributed by atoms with Crippen LogP contribution in [0.15, 0.2) is 18.2 Å². The summed E-state index contributed by atoms with van der Waals surface area (Å²) in [5.74, 6) is -0.239. The quantitative estimate of drug-likeness (QED) is 0.719. The van der Waals surface area contributed by atoms with Crippen LogP contribution in [0.1, 0.15) is 24.2 Å². The minimum atomic E-state index is -0.923. The number of rotatable bonds is 3. The number of hydrogen-bond acceptors (Lipinski definition) is 4. The van der Waals surface area contributed by atoms with Gasteiger partial charge in [-0.1, -0.05) is 0 Å². The lowest BCUT2D eigenvalue weighted by atomic mass is 10.1. The van der Waals surface area contributed by atoms with E-state index in [1.54, 1.807) is 32.0 Å². The van der Waals surface area contributed by atoms with Crippen molar-refractivity contribution in [3.05, 3.63) is 23.8 Å². The Bertz CT molecular complexity index is 542. The van der Waals surface area contributed by atoms with Gasteiger partial charge >= 0.3 is 0 Å². The molecule has 6 heteroatoms. The van der Waals surface area contributed by atoms with Crippen LogP contribution in [-0.2, 0) is 0 Å². The zero-order chi connectivity index (χ0) is 12.5. The van der Waals surface area contributed by atoms with Crippen LogP contribution in [0.5, 0.6) is 0 Å². The van der Waals surface area contributed by atoms with Crippen LogP contribution in [0.25, 0.3) is 11.0 Å². The van der Waals surface area contributed by atoms with Gasteiger partial charge in [-0.15, -0.1) is 0 Å². The Morgan fingerprint density at radius 3 is 2.82 bits per heavy atom. The first-order valence-corrected chi connectivity index (χ1v) is 5.27. The van der Waals surface area contributed by atoms with Gasteiger partial charge in [0.15, 0.2) is 0 Å². The third-order valence-corrected chi connectivity index (χ3v) is 2.26. The van der Waals surface area contributed by atoms with Crippen LogP contribution in [0.2, 0.25) is 0 Å². The number of aromatic amines is 1. The van der Waals surface area contributed by atoms with Gasteiger partial charge in [-0.25, -0.2) is 0 Å². The van der Waals surface area contributed by atoms with E-state index in [2.05, 4.69) is 20.7 Å². The lowest BCUT2D eigenvalue weighted by molar-refractivity contribution is 0.0694. The molecule has 17 heavy (non-hydrogen) atoms. The first-order chi connectivity index (χ1) is 7.96. The van der Waals surface area contributed by atoms with E-state index >= 15 is 0 Å². The number of carbonyl (C=O) groups is 1. The van der Waals surface area contributed by atoms with Crippen molar-refractivity contribution in [1.82, 2.24) is 20.7 Å². The van der Waals surface area contributed by atoms with E-state index in [1.807, 2.05) is 0 Å². The first kappa shape index (κ1) is 11.5. The van der Waals surface area contributed by atoms with E-state index in [0.717, 1.165) is 0 Å². The molecule has 0 saturated carbocycles. The zero-order valence-corrected chi connectivity index (χ0v) is 9.69. The summed E-state index contributed by atoms with van der Waals surface area (Å²) >= 11 is 0. The molecule has 0 unspecified atom stereocenters. The van der Waals surface area contributed by atoms with Gasteiger partial charge in [0.25, 0.3) is 5.91 Å². The summed E-state index contributed by atoms with van der Waals surface area (Å²) in [4.78, 5) is 11.8. The lowest BCUT2D eigenvalue weighted by Crippen LogP contribution is -2.38. The number of H-pyrrole nitrogens is 1. The highest BCUT2D eigenvalue weighted by Crippen LogP contribution is 2.10. The van der Waals surface area contributed by atoms with Gasteiger partial charge in [-0.2, -0.15) is 15.4 Å². The largest absolute Gasteiger partial charge is 0.389 e. The number of aliphatic hydroxyl groups is 1. The van der Waals surface area contributed by atoms with Crippen LogP contribution in [0.3, 0.4) is 0 Å². The van der Waals surface area contributed by atoms with E-state index in [1.165, 1.54) is 0 Å². The maximum atomic E-state index is 11.8. The van der Waals surface area contributed by atoms with Crippen LogP contribution >= 0.6 is 0 Å². The SMILES string of the molecule is CC(C)(O)CNC(=O)c1ccc2n[nH]nc2c1. The average molecular weight is 234 g/mol. The highest BCUT2D eigenvalue weighted by molar-refractivity contribution is 5.97. The fourth-order valence-electron chi connectivity index (χ4n) is 1.38. The number of benzene rings is 1. The Morgan fingerprint density at radius 2 is 2.12 bits per heavy atom. The summed E-state index contributed by atoms with van der Waals surface area (Å²) in [7, 11) is 0. The molecule has 3 N–H and O–H groups in total. The van der Waals surface area contributed by atoms with Crippen molar-refractivity contribution in [2.45, 2.75) is 19.4 Å². The Morgan fingerprint density at radius 1 is 1.41 bits per heavy atom. The van der Waals surface area contributed by atoms with E-state index in [4.69, 9.17) is 0 Å². The number of nitrogens with zero attached hydrogens (tertiary/aromatic N) is 2. The van der Waals surface area contributed by atoms with Gasteiger partial charge in [-0.3, -0.25) is 4.79 Å². The minimum absolute atomic E-state index is 0.197. The molecular weight excluding hydrogens is 220 g/mol. The molecule has 0 fully saturated rings. The van der Waals surface area contributed by atoms with E-state index < -0.39 is 5.60 Å². The van der Waals surface area contributed by atoms with Gasteiger partial charge in [0.1, 0.15) is 11.0 Å². The summed E-state index contributed by atoms with van der Waals surface area (Å²) in [6, 6.07) is 5.04. The highest BCUT2D eigenvalue weighted by atomic mass is 16.3. The molecule has 6 nitrogen and oxygen atoms in total. The summed E-state index contributed by atoms with van der Waals surface area (Å²) in [6.45, 7) is 3.46. The third kappa shape index (κ3) is 2.79. The van der Waals surface area contributed by atoms with Crippen molar-refractivity contribution in [1.29, 1.82) is 0 Å². The molecule has 0 saturated heterocycles. The molecule has 90 valence electrons. The fourth-order valence-corrected chi connectivity index (χ4v) is 1.38. The second-order valence-electron chi connectivity index (χ2n) is 4.52. The van der Waals surface area contributed by atoms with Crippen LogP contribution in [0, 0.1) is 0 Å². The molecule has 0 spiro atoms. The predicted molar refractivity (Wildman–Crippen MR) is 62.5 cm³/mol. The second-order valence-corrected chi connectivity index (χ2v) is 4.52. The molecule has 0 bridgehead atoms. The second kappa shape index (κ2) is 4.14. The van der Waals surface area contributed by atoms with Crippen LogP contribution in [-0.4, -0.2) is 38.6 Å². The Labute approximate surface area is 98.0 Å². The van der Waals surface area contributed by atoms with Gasteiger partial charge in [0.05, 0.1) is 5.60 Å². The first-order valence-electron chi connectivity index (χ1n) is 5.27. The summed E-state index contributed by atoms with van der Waals surface area (Å²) in [5.41, 5.74) is 0.925. The van der Waals surface area contributed by atoms with Crippen molar-refractivity contribution in [3.8, 4) is 0 Å². The molecule has 0 aliphatic rings. The maximum absolute atomic E-state index is 11.8. The molecule has 2 aromatic rings. The van der Waals surface area contributed by atoms with Crippen molar-refractivity contribution in [3.63, 3.8) is 0 Å². The molecule has 0 atom stereocenters. The van der Waals surface area contributed by atoms with Crippen molar-refractivity contribution >= 4 is 16.9 Å². The van der Waals surface area contributed by atoms with E-state index in [9.17, 15) is 9.90 Å². The molecular formula is C11H14N4O2. The highest BCUT2D eigenvalue weighted by Gasteiger charge is 2.15. The number of carbonyl (C=O) groups excluding carboxylic acids is 1. The Balaban J connectivity index is 2.13. The molecule has 1 amide bonds. The smallest absolute Gasteiger partial charge is 0.251 e. The number of nitrogens with one attached hydrogen (secondary N) is 2. The van der Waals surface area contributed by atoms with Crippen molar-refractivity contribution < 1.29 is 9.90 Å². The number of aromatic nitrogens is 3.